The van der Waals surface area contributed by atoms with Crippen molar-refractivity contribution in [2.24, 2.45) is 11.3 Å². The van der Waals surface area contributed by atoms with Crippen LogP contribution in [0.2, 0.25) is 0 Å². The molecule has 3 atom stereocenters. The summed E-state index contributed by atoms with van der Waals surface area (Å²) in [6, 6.07) is 0.491. The minimum absolute atomic E-state index is 0.215. The van der Waals surface area contributed by atoms with Gasteiger partial charge in [-0.1, -0.05) is 13.8 Å². The van der Waals surface area contributed by atoms with Crippen LogP contribution in [0.5, 0.6) is 0 Å². The summed E-state index contributed by atoms with van der Waals surface area (Å²) in [6.45, 7) is 5.50. The fraction of sp³-hybridized carbons (Fsp3) is 0.846. The molecule has 1 saturated heterocycles. The van der Waals surface area contributed by atoms with Gasteiger partial charge in [-0.15, -0.1) is 0 Å². The van der Waals surface area contributed by atoms with Crippen LogP contribution in [0, 0.1) is 11.3 Å². The molecule has 5 heteroatoms. The van der Waals surface area contributed by atoms with E-state index in [4.69, 9.17) is 4.74 Å². The van der Waals surface area contributed by atoms with Gasteiger partial charge >= 0.3 is 0 Å². The summed E-state index contributed by atoms with van der Waals surface area (Å²) in [4.78, 5) is 4.63. The van der Waals surface area contributed by atoms with E-state index in [0.29, 0.717) is 24.0 Å². The highest BCUT2D eigenvalue weighted by atomic mass is 32.1. The molecule has 3 fully saturated rings. The van der Waals surface area contributed by atoms with Gasteiger partial charge < -0.3 is 10.1 Å². The van der Waals surface area contributed by atoms with Gasteiger partial charge in [0, 0.05) is 41.4 Å². The molecule has 0 amide bonds. The molecule has 98 valence electrons. The number of ether oxygens (including phenoxy) is 1. The first-order valence-corrected chi connectivity index (χ1v) is 7.65. The standard InChI is InChI=1S/C13H19N3OS/c1-13(2)9(8-5-6-17-10(8)13)14-12-15-11(16-18-12)7-3-4-7/h7-10H,3-6H2,1-2H3,(H,14,15,16)/t8-,9+,10+/m0/s1. The zero-order chi connectivity index (χ0) is 12.3. The Hall–Kier alpha value is -0.680. The lowest BCUT2D eigenvalue weighted by Crippen LogP contribution is -2.63. The van der Waals surface area contributed by atoms with Gasteiger partial charge in [0.1, 0.15) is 5.82 Å². The molecule has 2 heterocycles. The smallest absolute Gasteiger partial charge is 0.202 e. The first-order valence-electron chi connectivity index (χ1n) is 6.88. The monoisotopic (exact) mass is 265 g/mol. The minimum atomic E-state index is 0.215. The largest absolute Gasteiger partial charge is 0.377 e. The number of hydrogen-bond donors (Lipinski definition) is 1. The number of nitrogens with one attached hydrogen (secondary N) is 1. The van der Waals surface area contributed by atoms with E-state index in [1.807, 2.05) is 0 Å². The average molecular weight is 265 g/mol. The Morgan fingerprint density at radius 3 is 2.94 bits per heavy atom. The molecule has 2 aliphatic carbocycles. The molecule has 1 aliphatic heterocycles. The SMILES string of the molecule is CC1(C)[C@H](Nc2nc(C3CC3)ns2)[C@@H]2CCO[C@H]21. The molecule has 1 aromatic rings. The van der Waals surface area contributed by atoms with Crippen molar-refractivity contribution in [3.05, 3.63) is 5.82 Å². The van der Waals surface area contributed by atoms with E-state index in [-0.39, 0.29) is 5.41 Å². The van der Waals surface area contributed by atoms with E-state index in [0.717, 1.165) is 17.6 Å². The number of aromatic nitrogens is 2. The Morgan fingerprint density at radius 1 is 1.33 bits per heavy atom. The van der Waals surface area contributed by atoms with Gasteiger partial charge in [-0.2, -0.15) is 4.37 Å². The normalized spacial score (nSPS) is 37.1. The zero-order valence-electron chi connectivity index (χ0n) is 10.8. The lowest BCUT2D eigenvalue weighted by Gasteiger charge is -2.54. The van der Waals surface area contributed by atoms with Crippen LogP contribution >= 0.6 is 11.5 Å². The summed E-state index contributed by atoms with van der Waals surface area (Å²) < 4.78 is 10.3. The van der Waals surface area contributed by atoms with Crippen molar-refractivity contribution in [2.75, 3.05) is 11.9 Å². The third-order valence-corrected chi connectivity index (χ3v) is 5.42. The zero-order valence-corrected chi connectivity index (χ0v) is 11.7. The van der Waals surface area contributed by atoms with Crippen LogP contribution in [0.1, 0.15) is 44.9 Å². The van der Waals surface area contributed by atoms with Gasteiger partial charge in [-0.05, 0) is 19.3 Å². The van der Waals surface area contributed by atoms with Crippen molar-refractivity contribution in [1.82, 2.24) is 9.36 Å². The maximum absolute atomic E-state index is 5.82. The molecule has 18 heavy (non-hydrogen) atoms. The molecular weight excluding hydrogens is 246 g/mol. The van der Waals surface area contributed by atoms with Gasteiger partial charge in [0.25, 0.3) is 0 Å². The van der Waals surface area contributed by atoms with E-state index in [9.17, 15) is 0 Å². The van der Waals surface area contributed by atoms with Crippen molar-refractivity contribution in [2.45, 2.75) is 51.2 Å². The highest BCUT2D eigenvalue weighted by Crippen LogP contribution is 2.53. The van der Waals surface area contributed by atoms with E-state index < -0.39 is 0 Å². The Labute approximate surface area is 111 Å². The lowest BCUT2D eigenvalue weighted by molar-refractivity contribution is -0.0923. The van der Waals surface area contributed by atoms with E-state index >= 15 is 0 Å². The molecule has 2 saturated carbocycles. The molecule has 0 unspecified atom stereocenters. The molecule has 3 aliphatic rings. The topological polar surface area (TPSA) is 47.0 Å². The summed E-state index contributed by atoms with van der Waals surface area (Å²) in [5.41, 5.74) is 0.215. The van der Waals surface area contributed by atoms with Crippen LogP contribution in [0.3, 0.4) is 0 Å². The summed E-state index contributed by atoms with van der Waals surface area (Å²) >= 11 is 1.52. The Morgan fingerprint density at radius 2 is 2.17 bits per heavy atom. The Bertz CT molecular complexity index is 469. The summed E-state index contributed by atoms with van der Waals surface area (Å²) in [6.07, 6.45) is 4.15. The second-order valence-electron chi connectivity index (χ2n) is 6.42. The third-order valence-electron chi connectivity index (χ3n) is 4.76. The van der Waals surface area contributed by atoms with Crippen molar-refractivity contribution < 1.29 is 4.74 Å². The highest BCUT2D eigenvalue weighted by Gasteiger charge is 2.59. The first kappa shape index (κ1) is 11.2. The molecule has 1 N–H and O–H groups in total. The van der Waals surface area contributed by atoms with Gasteiger partial charge in [0.15, 0.2) is 0 Å². The van der Waals surface area contributed by atoms with Crippen LogP contribution in [0.25, 0.3) is 0 Å². The second-order valence-corrected chi connectivity index (χ2v) is 7.17. The molecule has 0 radical (unpaired) electrons. The highest BCUT2D eigenvalue weighted by molar-refractivity contribution is 7.09. The number of fused-ring (bicyclic) bond motifs is 1. The summed E-state index contributed by atoms with van der Waals surface area (Å²) in [5.74, 6) is 2.36. The van der Waals surface area contributed by atoms with E-state index in [1.165, 1.54) is 30.8 Å². The van der Waals surface area contributed by atoms with Crippen molar-refractivity contribution in [3.63, 3.8) is 0 Å². The molecule has 4 nitrogen and oxygen atoms in total. The van der Waals surface area contributed by atoms with Crippen LogP contribution in [0.15, 0.2) is 0 Å². The first-order chi connectivity index (χ1) is 8.66. The maximum Gasteiger partial charge on any atom is 0.202 e. The summed E-state index contributed by atoms with van der Waals surface area (Å²) in [5, 5.41) is 4.61. The minimum Gasteiger partial charge on any atom is -0.377 e. The van der Waals surface area contributed by atoms with Gasteiger partial charge in [-0.3, -0.25) is 0 Å². The molecule has 4 rings (SSSR count). The van der Waals surface area contributed by atoms with Crippen LogP contribution in [-0.4, -0.2) is 28.1 Å². The lowest BCUT2D eigenvalue weighted by atomic mass is 9.57. The fourth-order valence-electron chi connectivity index (χ4n) is 3.55. The van der Waals surface area contributed by atoms with Crippen LogP contribution in [0.4, 0.5) is 5.13 Å². The van der Waals surface area contributed by atoms with Crippen molar-refractivity contribution >= 4 is 16.7 Å². The Balaban J connectivity index is 1.50. The predicted octanol–water partition coefficient (Wildman–Crippen LogP) is 2.64. The molecule has 0 spiro atoms. The predicted molar refractivity (Wildman–Crippen MR) is 70.9 cm³/mol. The molecule has 0 bridgehead atoms. The fourth-order valence-corrected chi connectivity index (χ4v) is 4.24. The van der Waals surface area contributed by atoms with Crippen molar-refractivity contribution in [1.29, 1.82) is 0 Å². The van der Waals surface area contributed by atoms with E-state index in [2.05, 4.69) is 28.5 Å². The van der Waals surface area contributed by atoms with Crippen LogP contribution in [-0.2, 0) is 4.74 Å². The number of rotatable bonds is 3. The van der Waals surface area contributed by atoms with Crippen molar-refractivity contribution in [3.8, 4) is 0 Å². The quantitative estimate of drug-likeness (QED) is 0.912. The summed E-state index contributed by atoms with van der Waals surface area (Å²) in [7, 11) is 0. The van der Waals surface area contributed by atoms with E-state index in [1.54, 1.807) is 0 Å². The average Bonchev–Trinajstić information content (AvgIpc) is 2.93. The molecule has 1 aromatic heterocycles. The number of anilines is 1. The number of nitrogens with zero attached hydrogens (tertiary/aromatic N) is 2. The molecule has 0 aromatic carbocycles. The van der Waals surface area contributed by atoms with Gasteiger partial charge in [0.05, 0.1) is 6.10 Å². The number of hydrogen-bond acceptors (Lipinski definition) is 5. The molecular formula is C13H19N3OS. The van der Waals surface area contributed by atoms with Gasteiger partial charge in [0.2, 0.25) is 5.13 Å². The second kappa shape index (κ2) is 3.67. The Kier molecular flexibility index (Phi) is 2.28. The van der Waals surface area contributed by atoms with Crippen LogP contribution < -0.4 is 5.32 Å². The van der Waals surface area contributed by atoms with Gasteiger partial charge in [-0.25, -0.2) is 4.98 Å². The third kappa shape index (κ3) is 1.53. The maximum atomic E-state index is 5.82.